The molecule has 0 fully saturated rings. The zero-order valence-electron chi connectivity index (χ0n) is 14.5. The summed E-state index contributed by atoms with van der Waals surface area (Å²) in [7, 11) is 0. The van der Waals surface area contributed by atoms with E-state index >= 15 is 0 Å². The molecule has 2 N–H and O–H groups in total. The number of nitro benzene ring substituents is 2. The predicted octanol–water partition coefficient (Wildman–Crippen LogP) is 0.851. The van der Waals surface area contributed by atoms with Gasteiger partial charge in [0, 0.05) is 25.2 Å². The molecule has 0 unspecified atom stereocenters. The Balaban J connectivity index is 3.19. The van der Waals surface area contributed by atoms with Gasteiger partial charge in [-0.3, -0.25) is 29.8 Å². The first kappa shape index (κ1) is 21.0. The maximum Gasteiger partial charge on any atom is 0.277 e. The van der Waals surface area contributed by atoms with Crippen LogP contribution in [0.1, 0.15) is 31.1 Å². The van der Waals surface area contributed by atoms with Crippen LogP contribution in [0.2, 0.25) is 0 Å². The number of amides is 2. The van der Waals surface area contributed by atoms with Gasteiger partial charge in [-0.1, -0.05) is 0 Å². The second-order valence-corrected chi connectivity index (χ2v) is 5.45. The van der Waals surface area contributed by atoms with Crippen LogP contribution in [-0.4, -0.2) is 56.9 Å². The lowest BCUT2D eigenvalue weighted by Crippen LogP contribution is -2.53. The second kappa shape index (κ2) is 8.85. The Kier molecular flexibility index (Phi) is 7.14. The first-order chi connectivity index (χ1) is 12.1. The minimum Gasteiger partial charge on any atom is -0.391 e. The number of aliphatic hydroxyl groups is 1. The van der Waals surface area contributed by atoms with Gasteiger partial charge in [-0.05, 0) is 20.8 Å². The largest absolute Gasteiger partial charge is 0.391 e. The van der Waals surface area contributed by atoms with Gasteiger partial charge in [-0.25, -0.2) is 0 Å². The molecule has 1 aromatic carbocycles. The number of nitrogens with one attached hydrogen (secondary N) is 1. The van der Waals surface area contributed by atoms with Crippen LogP contribution >= 0.6 is 0 Å². The minimum atomic E-state index is -1.29. The van der Waals surface area contributed by atoms with E-state index in [0.29, 0.717) is 13.1 Å². The van der Waals surface area contributed by atoms with Crippen LogP contribution in [-0.2, 0) is 4.79 Å². The number of aliphatic hydroxyl groups excluding tert-OH is 1. The van der Waals surface area contributed by atoms with Gasteiger partial charge in [-0.2, -0.15) is 0 Å². The molecule has 0 aromatic heterocycles. The molecule has 0 aliphatic heterocycles. The molecular formula is C15H20N4O7. The van der Waals surface area contributed by atoms with Gasteiger partial charge in [0.25, 0.3) is 17.3 Å². The molecule has 0 heterocycles. The average Bonchev–Trinajstić information content (AvgIpc) is 2.59. The van der Waals surface area contributed by atoms with E-state index in [-0.39, 0.29) is 5.56 Å². The number of benzene rings is 1. The fourth-order valence-electron chi connectivity index (χ4n) is 2.28. The SMILES string of the molecule is CCN(CC)C(=O)[C@@H](NC(=O)c1cc([N+](=O)[O-])cc([N+](=O)[O-])c1)[C@@H](C)O. The van der Waals surface area contributed by atoms with E-state index in [1.54, 1.807) is 13.8 Å². The van der Waals surface area contributed by atoms with E-state index in [2.05, 4.69) is 5.32 Å². The second-order valence-electron chi connectivity index (χ2n) is 5.45. The topological polar surface area (TPSA) is 156 Å². The summed E-state index contributed by atoms with van der Waals surface area (Å²) in [5.74, 6) is -1.47. The summed E-state index contributed by atoms with van der Waals surface area (Å²) < 4.78 is 0. The van der Waals surface area contributed by atoms with Crippen LogP contribution in [0.5, 0.6) is 0 Å². The summed E-state index contributed by atoms with van der Waals surface area (Å²) in [6, 6.07) is 1.16. The van der Waals surface area contributed by atoms with Gasteiger partial charge in [0.15, 0.2) is 0 Å². The molecule has 26 heavy (non-hydrogen) atoms. The molecule has 0 aliphatic rings. The van der Waals surface area contributed by atoms with Crippen LogP contribution in [0.4, 0.5) is 11.4 Å². The highest BCUT2D eigenvalue weighted by atomic mass is 16.6. The Morgan fingerprint density at radius 3 is 1.92 bits per heavy atom. The maximum absolute atomic E-state index is 12.4. The van der Waals surface area contributed by atoms with Crippen molar-refractivity contribution in [3.8, 4) is 0 Å². The summed E-state index contributed by atoms with van der Waals surface area (Å²) in [6.45, 7) is 5.48. The van der Waals surface area contributed by atoms with E-state index < -0.39 is 45.2 Å². The molecule has 0 bridgehead atoms. The first-order valence-corrected chi connectivity index (χ1v) is 7.83. The Morgan fingerprint density at radius 1 is 1.12 bits per heavy atom. The molecule has 0 saturated carbocycles. The van der Waals surface area contributed by atoms with Gasteiger partial charge in [0.2, 0.25) is 5.91 Å². The number of rotatable bonds is 8. The van der Waals surface area contributed by atoms with Crippen molar-refractivity contribution in [3.05, 3.63) is 44.0 Å². The van der Waals surface area contributed by atoms with Gasteiger partial charge in [0.05, 0.1) is 27.6 Å². The molecule has 0 radical (unpaired) electrons. The van der Waals surface area contributed by atoms with Crippen molar-refractivity contribution in [2.24, 2.45) is 0 Å². The van der Waals surface area contributed by atoms with Crippen molar-refractivity contribution in [3.63, 3.8) is 0 Å². The van der Waals surface area contributed by atoms with E-state index in [1.807, 2.05) is 0 Å². The third kappa shape index (κ3) is 4.96. The zero-order valence-corrected chi connectivity index (χ0v) is 14.5. The normalized spacial score (nSPS) is 12.8. The Labute approximate surface area is 148 Å². The van der Waals surface area contributed by atoms with Crippen LogP contribution in [0.25, 0.3) is 0 Å². The first-order valence-electron chi connectivity index (χ1n) is 7.83. The third-order valence-electron chi connectivity index (χ3n) is 3.70. The lowest BCUT2D eigenvalue weighted by molar-refractivity contribution is -0.394. The van der Waals surface area contributed by atoms with E-state index in [4.69, 9.17) is 0 Å². The van der Waals surface area contributed by atoms with E-state index in [0.717, 1.165) is 18.2 Å². The highest BCUT2D eigenvalue weighted by molar-refractivity contribution is 5.98. The van der Waals surface area contributed by atoms with Gasteiger partial charge in [0.1, 0.15) is 6.04 Å². The van der Waals surface area contributed by atoms with E-state index in [9.17, 15) is 34.9 Å². The minimum absolute atomic E-state index is 0.358. The quantitative estimate of drug-likeness (QED) is 0.509. The monoisotopic (exact) mass is 368 g/mol. The van der Waals surface area contributed by atoms with Gasteiger partial charge in [-0.15, -0.1) is 0 Å². The van der Waals surface area contributed by atoms with Gasteiger partial charge < -0.3 is 15.3 Å². The molecule has 2 atom stereocenters. The lowest BCUT2D eigenvalue weighted by Gasteiger charge is -2.27. The number of hydrogen-bond acceptors (Lipinski definition) is 7. The van der Waals surface area contributed by atoms with Crippen molar-refractivity contribution in [2.75, 3.05) is 13.1 Å². The van der Waals surface area contributed by atoms with Crippen LogP contribution < -0.4 is 5.32 Å². The molecule has 0 saturated heterocycles. The van der Waals surface area contributed by atoms with E-state index in [1.165, 1.54) is 11.8 Å². The number of nitrogens with zero attached hydrogens (tertiary/aromatic N) is 3. The van der Waals surface area contributed by atoms with Crippen molar-refractivity contribution in [1.29, 1.82) is 0 Å². The summed E-state index contributed by atoms with van der Waals surface area (Å²) in [5, 5.41) is 33.9. The average molecular weight is 368 g/mol. The predicted molar refractivity (Wildman–Crippen MR) is 90.6 cm³/mol. The summed E-state index contributed by atoms with van der Waals surface area (Å²) in [5.41, 5.74) is -1.62. The molecule has 0 aliphatic carbocycles. The number of hydrogen-bond donors (Lipinski definition) is 2. The molecule has 2 amide bonds. The fraction of sp³-hybridized carbons (Fsp3) is 0.467. The summed E-state index contributed by atoms with van der Waals surface area (Å²) >= 11 is 0. The number of carbonyl (C=O) groups is 2. The lowest BCUT2D eigenvalue weighted by atomic mass is 10.1. The zero-order chi connectivity index (χ0) is 20.0. The fourth-order valence-corrected chi connectivity index (χ4v) is 2.28. The van der Waals surface area contributed by atoms with Crippen LogP contribution in [0, 0.1) is 20.2 Å². The Hall–Kier alpha value is -3.08. The van der Waals surface area contributed by atoms with Crippen molar-refractivity contribution < 1.29 is 24.5 Å². The smallest absolute Gasteiger partial charge is 0.277 e. The standard InChI is InChI=1S/C15H20N4O7/c1-4-17(5-2)15(22)13(9(3)20)16-14(21)10-6-11(18(23)24)8-12(7-10)19(25)26/h6-9,13,20H,4-5H2,1-3H3,(H,16,21)/t9-,13+/m1/s1. The molecule has 1 rings (SSSR count). The number of nitro groups is 2. The number of carbonyl (C=O) groups excluding carboxylic acids is 2. The Bertz CT molecular complexity index is 684. The maximum atomic E-state index is 12.4. The van der Waals surface area contributed by atoms with Crippen molar-refractivity contribution >= 4 is 23.2 Å². The molecule has 1 aromatic rings. The molecule has 0 spiro atoms. The van der Waals surface area contributed by atoms with Crippen LogP contribution in [0.3, 0.4) is 0 Å². The van der Waals surface area contributed by atoms with Gasteiger partial charge >= 0.3 is 0 Å². The molecule has 11 heteroatoms. The summed E-state index contributed by atoms with van der Waals surface area (Å²) in [4.78, 5) is 46.3. The molecular weight excluding hydrogens is 348 g/mol. The Morgan fingerprint density at radius 2 is 1.58 bits per heavy atom. The van der Waals surface area contributed by atoms with Crippen LogP contribution in [0.15, 0.2) is 18.2 Å². The van der Waals surface area contributed by atoms with Crippen molar-refractivity contribution in [2.45, 2.75) is 32.9 Å². The highest BCUT2D eigenvalue weighted by Gasteiger charge is 2.30. The highest BCUT2D eigenvalue weighted by Crippen LogP contribution is 2.22. The van der Waals surface area contributed by atoms with Crippen molar-refractivity contribution in [1.82, 2.24) is 10.2 Å². The number of non-ortho nitro benzene ring substituents is 2. The third-order valence-corrected chi connectivity index (χ3v) is 3.70. The number of likely N-dealkylation sites (N-methyl/N-ethyl adjacent to an activating group) is 1. The molecule has 11 nitrogen and oxygen atoms in total. The summed E-state index contributed by atoms with van der Waals surface area (Å²) in [6.07, 6.45) is -1.24. The molecule has 142 valence electrons.